The van der Waals surface area contributed by atoms with Crippen LogP contribution < -0.4 is 5.32 Å². The summed E-state index contributed by atoms with van der Waals surface area (Å²) in [5.74, 6) is -2.01. The summed E-state index contributed by atoms with van der Waals surface area (Å²) in [5.41, 5.74) is 0. The van der Waals surface area contributed by atoms with Gasteiger partial charge in [0.05, 0.1) is 6.04 Å². The van der Waals surface area contributed by atoms with E-state index in [0.29, 0.717) is 19.2 Å². The molecule has 0 radical (unpaired) electrons. The van der Waals surface area contributed by atoms with Gasteiger partial charge in [0.1, 0.15) is 16.5 Å². The van der Waals surface area contributed by atoms with Crippen molar-refractivity contribution in [2.75, 3.05) is 26.2 Å². The Hall–Kier alpha value is -1.58. The van der Waals surface area contributed by atoms with Crippen LogP contribution in [-0.4, -0.2) is 61.8 Å². The molecule has 1 fully saturated rings. The van der Waals surface area contributed by atoms with Gasteiger partial charge in [-0.15, -0.1) is 0 Å². The van der Waals surface area contributed by atoms with Gasteiger partial charge >= 0.3 is 0 Å². The second kappa shape index (κ2) is 9.07. The van der Waals surface area contributed by atoms with Gasteiger partial charge in [0, 0.05) is 38.3 Å². The number of sulfonamides is 1. The molecule has 1 aliphatic rings. The summed E-state index contributed by atoms with van der Waals surface area (Å²) in [6, 6.07) is 2.18. The standard InChI is InChI=1S/C18H27F2N3O3S/c1-4-15(5-2)21-18(24)13(3)22-8-10-23(11-9-22)27(25,26)17-7-6-14(19)12-16(17)20/h6-7,12-13,15H,4-5,8-11H2,1-3H3,(H,21,24). The lowest BCUT2D eigenvalue weighted by Crippen LogP contribution is -2.55. The van der Waals surface area contributed by atoms with Crippen LogP contribution in [0.25, 0.3) is 0 Å². The van der Waals surface area contributed by atoms with Crippen molar-refractivity contribution in [2.45, 2.75) is 50.6 Å². The summed E-state index contributed by atoms with van der Waals surface area (Å²) in [4.78, 5) is 13.8. The molecular formula is C18H27F2N3O3S. The van der Waals surface area contributed by atoms with Gasteiger partial charge in [-0.25, -0.2) is 17.2 Å². The molecule has 1 aliphatic heterocycles. The predicted octanol–water partition coefficient (Wildman–Crippen LogP) is 1.96. The van der Waals surface area contributed by atoms with E-state index in [1.807, 2.05) is 18.7 Å². The van der Waals surface area contributed by atoms with E-state index in [1.54, 1.807) is 6.92 Å². The van der Waals surface area contributed by atoms with Crippen LogP contribution >= 0.6 is 0 Å². The molecule has 1 heterocycles. The zero-order chi connectivity index (χ0) is 20.2. The van der Waals surface area contributed by atoms with Crippen LogP contribution in [0.5, 0.6) is 0 Å². The molecule has 1 aromatic carbocycles. The van der Waals surface area contributed by atoms with Crippen molar-refractivity contribution in [3.8, 4) is 0 Å². The number of halogens is 2. The van der Waals surface area contributed by atoms with Crippen LogP contribution in [0.15, 0.2) is 23.1 Å². The Morgan fingerprint density at radius 2 is 1.74 bits per heavy atom. The lowest BCUT2D eigenvalue weighted by atomic mass is 10.1. The molecular weight excluding hydrogens is 376 g/mol. The maximum absolute atomic E-state index is 13.9. The molecule has 1 aromatic rings. The van der Waals surface area contributed by atoms with Crippen molar-refractivity contribution in [1.82, 2.24) is 14.5 Å². The molecule has 27 heavy (non-hydrogen) atoms. The van der Waals surface area contributed by atoms with Gasteiger partial charge in [-0.05, 0) is 31.9 Å². The first-order chi connectivity index (χ1) is 12.7. The highest BCUT2D eigenvalue weighted by atomic mass is 32.2. The second-order valence-electron chi connectivity index (χ2n) is 6.71. The number of piperazine rings is 1. The molecule has 0 aliphatic carbocycles. The Morgan fingerprint density at radius 1 is 1.15 bits per heavy atom. The highest BCUT2D eigenvalue weighted by molar-refractivity contribution is 7.89. The molecule has 0 spiro atoms. The van der Waals surface area contributed by atoms with E-state index in [4.69, 9.17) is 0 Å². The fourth-order valence-corrected chi connectivity index (χ4v) is 4.60. The largest absolute Gasteiger partial charge is 0.352 e. The van der Waals surface area contributed by atoms with Gasteiger partial charge in [-0.2, -0.15) is 4.31 Å². The number of rotatable bonds is 7. The third kappa shape index (κ3) is 5.03. The number of amides is 1. The molecule has 9 heteroatoms. The SMILES string of the molecule is CCC(CC)NC(=O)C(C)N1CCN(S(=O)(=O)c2ccc(F)cc2F)CC1. The van der Waals surface area contributed by atoms with E-state index >= 15 is 0 Å². The molecule has 152 valence electrons. The minimum atomic E-state index is -4.04. The molecule has 0 bridgehead atoms. The highest BCUT2D eigenvalue weighted by Crippen LogP contribution is 2.22. The van der Waals surface area contributed by atoms with Crippen molar-refractivity contribution in [2.24, 2.45) is 0 Å². The molecule has 1 saturated heterocycles. The average molecular weight is 403 g/mol. The summed E-state index contributed by atoms with van der Waals surface area (Å²) >= 11 is 0. The monoisotopic (exact) mass is 403 g/mol. The Morgan fingerprint density at radius 3 is 2.26 bits per heavy atom. The number of hydrogen-bond donors (Lipinski definition) is 1. The van der Waals surface area contributed by atoms with Gasteiger partial charge in [0.2, 0.25) is 15.9 Å². The van der Waals surface area contributed by atoms with E-state index < -0.39 is 26.6 Å². The van der Waals surface area contributed by atoms with Crippen molar-refractivity contribution in [3.05, 3.63) is 29.8 Å². The fraction of sp³-hybridized carbons (Fsp3) is 0.611. The summed E-state index contributed by atoms with van der Waals surface area (Å²) in [5, 5.41) is 3.00. The number of carbonyl (C=O) groups is 1. The zero-order valence-corrected chi connectivity index (χ0v) is 16.7. The Labute approximate surface area is 159 Å². The van der Waals surface area contributed by atoms with Gasteiger partial charge in [0.25, 0.3) is 0 Å². The van der Waals surface area contributed by atoms with Crippen LogP contribution in [0.3, 0.4) is 0 Å². The first-order valence-electron chi connectivity index (χ1n) is 9.20. The van der Waals surface area contributed by atoms with Crippen LogP contribution in [0.4, 0.5) is 8.78 Å². The molecule has 2 rings (SSSR count). The number of carbonyl (C=O) groups excluding carboxylic acids is 1. The fourth-order valence-electron chi connectivity index (χ4n) is 3.14. The zero-order valence-electron chi connectivity index (χ0n) is 15.9. The highest BCUT2D eigenvalue weighted by Gasteiger charge is 2.33. The molecule has 0 aromatic heterocycles. The topological polar surface area (TPSA) is 69.7 Å². The molecule has 1 unspecified atom stereocenters. The van der Waals surface area contributed by atoms with E-state index in [-0.39, 0.29) is 31.1 Å². The van der Waals surface area contributed by atoms with Crippen LogP contribution in [0.1, 0.15) is 33.6 Å². The van der Waals surface area contributed by atoms with Gasteiger partial charge in [0.15, 0.2) is 0 Å². The van der Waals surface area contributed by atoms with E-state index in [1.165, 1.54) is 4.31 Å². The van der Waals surface area contributed by atoms with Gasteiger partial charge in [-0.1, -0.05) is 13.8 Å². The molecule has 1 amide bonds. The molecule has 1 atom stereocenters. The Balaban J connectivity index is 2.00. The summed E-state index contributed by atoms with van der Waals surface area (Å²) in [6.45, 7) is 6.82. The third-order valence-electron chi connectivity index (χ3n) is 5.04. The van der Waals surface area contributed by atoms with E-state index in [9.17, 15) is 22.0 Å². The quantitative estimate of drug-likeness (QED) is 0.756. The van der Waals surface area contributed by atoms with Crippen LogP contribution in [0, 0.1) is 11.6 Å². The molecule has 0 saturated carbocycles. The van der Waals surface area contributed by atoms with Gasteiger partial charge < -0.3 is 5.32 Å². The molecule has 6 nitrogen and oxygen atoms in total. The van der Waals surface area contributed by atoms with Crippen LogP contribution in [-0.2, 0) is 14.8 Å². The second-order valence-corrected chi connectivity index (χ2v) is 8.62. The molecule has 1 N–H and O–H groups in total. The first kappa shape index (κ1) is 21.7. The third-order valence-corrected chi connectivity index (χ3v) is 6.98. The first-order valence-corrected chi connectivity index (χ1v) is 10.6. The minimum absolute atomic E-state index is 0.0791. The summed E-state index contributed by atoms with van der Waals surface area (Å²) < 4.78 is 53.3. The Kier molecular flexibility index (Phi) is 7.30. The number of nitrogens with one attached hydrogen (secondary N) is 1. The van der Waals surface area contributed by atoms with Crippen molar-refractivity contribution >= 4 is 15.9 Å². The minimum Gasteiger partial charge on any atom is -0.352 e. The average Bonchev–Trinajstić information content (AvgIpc) is 2.65. The van der Waals surface area contributed by atoms with Crippen LogP contribution in [0.2, 0.25) is 0 Å². The van der Waals surface area contributed by atoms with Gasteiger partial charge in [-0.3, -0.25) is 9.69 Å². The number of benzene rings is 1. The van der Waals surface area contributed by atoms with E-state index in [0.717, 1.165) is 25.0 Å². The predicted molar refractivity (Wildman–Crippen MR) is 98.7 cm³/mol. The lowest BCUT2D eigenvalue weighted by molar-refractivity contribution is -0.127. The normalized spacial score (nSPS) is 17.9. The number of nitrogens with zero attached hydrogens (tertiary/aromatic N) is 2. The maximum atomic E-state index is 13.9. The number of hydrogen-bond acceptors (Lipinski definition) is 4. The van der Waals surface area contributed by atoms with Crippen molar-refractivity contribution in [3.63, 3.8) is 0 Å². The summed E-state index contributed by atoms with van der Waals surface area (Å²) in [7, 11) is -4.04. The van der Waals surface area contributed by atoms with Crippen molar-refractivity contribution in [1.29, 1.82) is 0 Å². The van der Waals surface area contributed by atoms with E-state index in [2.05, 4.69) is 5.32 Å². The summed E-state index contributed by atoms with van der Waals surface area (Å²) in [6.07, 6.45) is 1.70. The lowest BCUT2D eigenvalue weighted by Gasteiger charge is -2.37. The maximum Gasteiger partial charge on any atom is 0.246 e. The van der Waals surface area contributed by atoms with Crippen molar-refractivity contribution < 1.29 is 22.0 Å². The Bertz CT molecular complexity index is 761. The smallest absolute Gasteiger partial charge is 0.246 e.